The van der Waals surface area contributed by atoms with Gasteiger partial charge in [0, 0.05) is 19.0 Å². The molecule has 0 unspecified atom stereocenters. The third kappa shape index (κ3) is 7.75. The van der Waals surface area contributed by atoms with E-state index in [1.807, 2.05) is 12.2 Å². The Kier molecular flexibility index (Phi) is 10.4. The lowest BCUT2D eigenvalue weighted by Crippen LogP contribution is -2.50. The summed E-state index contributed by atoms with van der Waals surface area (Å²) in [6, 6.07) is 0.415. The molecular weight excluding hydrogens is 458 g/mol. The van der Waals surface area contributed by atoms with Gasteiger partial charge in [-0.05, 0) is 45.6 Å². The van der Waals surface area contributed by atoms with Gasteiger partial charge in [0.05, 0.1) is 38.4 Å². The number of allylic oxidation sites excluding steroid dienone is 3. The molecule has 0 saturated carbocycles. The summed E-state index contributed by atoms with van der Waals surface area (Å²) in [4.78, 5) is 14.1. The van der Waals surface area contributed by atoms with Gasteiger partial charge in [-0.1, -0.05) is 56.7 Å². The number of carbonyl (C=O) groups excluding carboxylic acids is 1. The molecule has 0 aliphatic carbocycles. The van der Waals surface area contributed by atoms with Gasteiger partial charge in [-0.3, -0.25) is 9.69 Å². The Labute approximate surface area is 217 Å². The van der Waals surface area contributed by atoms with Crippen LogP contribution in [0.5, 0.6) is 0 Å². The normalized spacial score (nSPS) is 37.5. The number of hydrogen-bond donors (Lipinski definition) is 1. The van der Waals surface area contributed by atoms with Crippen LogP contribution in [-0.4, -0.2) is 85.4 Å². The van der Waals surface area contributed by atoms with Gasteiger partial charge in [0.1, 0.15) is 17.8 Å². The lowest BCUT2D eigenvalue weighted by Gasteiger charge is -2.42. The highest BCUT2D eigenvalue weighted by molar-refractivity contribution is 5.69. The zero-order valence-electron chi connectivity index (χ0n) is 23.2. The van der Waals surface area contributed by atoms with Crippen molar-refractivity contribution in [2.24, 2.45) is 11.8 Å². The Morgan fingerprint density at radius 2 is 2.00 bits per heavy atom. The second kappa shape index (κ2) is 12.8. The topological polar surface area (TPSA) is 80.8 Å². The van der Waals surface area contributed by atoms with Gasteiger partial charge in [-0.15, -0.1) is 0 Å². The molecule has 3 saturated heterocycles. The number of rotatable bonds is 10. The third-order valence-corrected chi connectivity index (χ3v) is 7.79. The molecule has 0 aromatic rings. The van der Waals surface area contributed by atoms with Gasteiger partial charge < -0.3 is 24.1 Å². The van der Waals surface area contributed by atoms with E-state index in [1.54, 1.807) is 0 Å². The van der Waals surface area contributed by atoms with Crippen LogP contribution in [0.3, 0.4) is 0 Å². The maximum Gasteiger partial charge on any atom is 0.308 e. The summed E-state index contributed by atoms with van der Waals surface area (Å²) in [5.74, 6) is 0.718. The van der Waals surface area contributed by atoms with Crippen molar-refractivity contribution in [3.8, 4) is 0 Å². The van der Waals surface area contributed by atoms with E-state index < -0.39 is 17.8 Å². The zero-order chi connectivity index (χ0) is 26.5. The van der Waals surface area contributed by atoms with Crippen molar-refractivity contribution < 1.29 is 28.8 Å². The molecule has 8 atom stereocenters. The maximum atomic E-state index is 11.7. The van der Waals surface area contributed by atoms with E-state index >= 15 is 0 Å². The Morgan fingerprint density at radius 1 is 1.28 bits per heavy atom. The van der Waals surface area contributed by atoms with Crippen LogP contribution >= 0.6 is 0 Å². The van der Waals surface area contributed by atoms with Gasteiger partial charge in [0.15, 0.2) is 0 Å². The molecule has 3 fully saturated rings. The molecular formula is C29H47NO6. The van der Waals surface area contributed by atoms with Crippen LogP contribution < -0.4 is 0 Å². The highest BCUT2D eigenvalue weighted by atomic mass is 16.6. The van der Waals surface area contributed by atoms with Crippen molar-refractivity contribution in [2.45, 2.75) is 102 Å². The quantitative estimate of drug-likeness (QED) is 0.208. The zero-order valence-corrected chi connectivity index (χ0v) is 23.2. The fourth-order valence-corrected chi connectivity index (χ4v) is 5.37. The third-order valence-electron chi connectivity index (χ3n) is 7.79. The second-order valence-electron chi connectivity index (χ2n) is 11.3. The van der Waals surface area contributed by atoms with Crippen LogP contribution in [0.1, 0.15) is 60.3 Å². The van der Waals surface area contributed by atoms with Crippen LogP contribution in [0.2, 0.25) is 0 Å². The first kappa shape index (κ1) is 29.1. The van der Waals surface area contributed by atoms with Crippen molar-refractivity contribution in [1.29, 1.82) is 0 Å². The smallest absolute Gasteiger partial charge is 0.308 e. The maximum absolute atomic E-state index is 11.7. The van der Waals surface area contributed by atoms with Crippen molar-refractivity contribution in [2.75, 3.05) is 27.3 Å². The summed E-state index contributed by atoms with van der Waals surface area (Å²) >= 11 is 0. The van der Waals surface area contributed by atoms with Crippen LogP contribution in [-0.2, 0) is 23.7 Å². The summed E-state index contributed by atoms with van der Waals surface area (Å²) in [7, 11) is 3.56. The first-order chi connectivity index (χ1) is 17.0. The second-order valence-corrected chi connectivity index (χ2v) is 11.3. The number of hydrogen-bond acceptors (Lipinski definition) is 7. The standard InChI is InChI=1S/C29H47NO6/c1-19(2)9-8-14-30(6)24-15-21(4)25(35-22(24)5)12-10-20(3)11-13-26-28(32)29(18-34-29)17-23(36-26)16-27(31)33-7/h8-11,13,19,21-26,28,32H,12,14-18H2,1-7H3/b9-8-,13-11+,20-10+/t21-,22+,23+,24+,25-,26+,28+,29+/m0/s1. The molecule has 0 radical (unpaired) electrons. The van der Waals surface area contributed by atoms with E-state index in [2.05, 4.69) is 64.8 Å². The summed E-state index contributed by atoms with van der Waals surface area (Å²) < 4.78 is 22.8. The minimum atomic E-state index is -0.748. The van der Waals surface area contributed by atoms with E-state index in [9.17, 15) is 9.90 Å². The number of likely N-dealkylation sites (N-methyl/N-ethyl adjacent to an activating group) is 1. The largest absolute Gasteiger partial charge is 0.469 e. The van der Waals surface area contributed by atoms with E-state index in [0.29, 0.717) is 30.9 Å². The minimum absolute atomic E-state index is 0.160. The first-order valence-corrected chi connectivity index (χ1v) is 13.5. The average Bonchev–Trinajstić information content (AvgIpc) is 3.60. The van der Waals surface area contributed by atoms with E-state index in [1.165, 1.54) is 7.11 Å². The molecule has 3 aliphatic rings. The number of aliphatic hydroxyl groups is 1. The Hall–Kier alpha value is -1.51. The monoisotopic (exact) mass is 505 g/mol. The molecule has 7 heteroatoms. The molecule has 0 aromatic heterocycles. The molecule has 3 rings (SSSR count). The number of ether oxygens (including phenoxy) is 4. The number of methoxy groups -OCH3 is 1. The van der Waals surface area contributed by atoms with Gasteiger partial charge in [0.2, 0.25) is 0 Å². The Morgan fingerprint density at radius 3 is 2.64 bits per heavy atom. The lowest BCUT2D eigenvalue weighted by molar-refractivity contribution is -0.157. The van der Waals surface area contributed by atoms with Crippen molar-refractivity contribution >= 4 is 5.97 Å². The lowest BCUT2D eigenvalue weighted by atomic mass is 9.87. The summed E-state index contributed by atoms with van der Waals surface area (Å²) in [6.07, 6.45) is 12.0. The first-order valence-electron chi connectivity index (χ1n) is 13.5. The predicted molar refractivity (Wildman–Crippen MR) is 141 cm³/mol. The number of epoxide rings is 1. The molecule has 36 heavy (non-hydrogen) atoms. The molecule has 1 N–H and O–H groups in total. The van der Waals surface area contributed by atoms with Gasteiger partial charge in [0.25, 0.3) is 0 Å². The number of nitrogens with zero attached hydrogens (tertiary/aromatic N) is 1. The van der Waals surface area contributed by atoms with Gasteiger partial charge >= 0.3 is 5.97 Å². The summed E-state index contributed by atoms with van der Waals surface area (Å²) in [6.45, 7) is 12.4. The van der Waals surface area contributed by atoms with Crippen LogP contribution in [0.15, 0.2) is 36.0 Å². The predicted octanol–water partition coefficient (Wildman–Crippen LogP) is 4.06. The van der Waals surface area contributed by atoms with E-state index in [0.717, 1.165) is 25.0 Å². The SMILES string of the molecule is COC(=O)C[C@@H]1C[C@@]2(CO2)[C@H](O)[C@@H](/C=C/C(C)=C/C[C@@H]2O[C@H](C)[C@H](N(C)C/C=C\C(C)C)C[C@@H]2C)O1. The number of aliphatic hydroxyl groups excluding tert-OH is 1. The molecule has 3 aliphatic heterocycles. The van der Waals surface area contributed by atoms with Crippen molar-refractivity contribution in [3.05, 3.63) is 36.0 Å². The number of esters is 1. The van der Waals surface area contributed by atoms with Crippen LogP contribution in [0, 0.1) is 11.8 Å². The van der Waals surface area contributed by atoms with E-state index in [-0.39, 0.29) is 30.7 Å². The van der Waals surface area contributed by atoms with Crippen LogP contribution in [0.25, 0.3) is 0 Å². The molecule has 7 nitrogen and oxygen atoms in total. The Bertz CT molecular complexity index is 817. The highest BCUT2D eigenvalue weighted by Crippen LogP contribution is 2.43. The van der Waals surface area contributed by atoms with Gasteiger partial charge in [-0.2, -0.15) is 0 Å². The molecule has 0 aromatic carbocycles. The van der Waals surface area contributed by atoms with Crippen LogP contribution in [0.4, 0.5) is 0 Å². The molecule has 0 bridgehead atoms. The molecule has 204 valence electrons. The molecule has 0 amide bonds. The van der Waals surface area contributed by atoms with Crippen molar-refractivity contribution in [3.63, 3.8) is 0 Å². The fraction of sp³-hybridized carbons (Fsp3) is 0.759. The fourth-order valence-electron chi connectivity index (χ4n) is 5.37. The molecule has 1 spiro atoms. The van der Waals surface area contributed by atoms with E-state index in [4.69, 9.17) is 18.9 Å². The van der Waals surface area contributed by atoms with Crippen molar-refractivity contribution in [1.82, 2.24) is 4.90 Å². The average molecular weight is 506 g/mol. The number of carbonyl (C=O) groups is 1. The Balaban J connectivity index is 1.53. The summed E-state index contributed by atoms with van der Waals surface area (Å²) in [5, 5.41) is 10.8. The van der Waals surface area contributed by atoms with Gasteiger partial charge in [-0.25, -0.2) is 0 Å². The molecule has 3 heterocycles. The minimum Gasteiger partial charge on any atom is -0.469 e. The summed E-state index contributed by atoms with van der Waals surface area (Å²) in [5.41, 5.74) is 0.493. The highest BCUT2D eigenvalue weighted by Gasteiger charge is 2.58.